The van der Waals surface area contributed by atoms with Gasteiger partial charge >= 0.3 is 0 Å². The van der Waals surface area contributed by atoms with Crippen LogP contribution in [-0.4, -0.2) is 61.6 Å². The molecule has 0 aliphatic carbocycles. The molecule has 0 spiro atoms. The van der Waals surface area contributed by atoms with Crippen LogP contribution in [0.15, 0.2) is 4.99 Å². The van der Waals surface area contributed by atoms with Crippen LogP contribution >= 0.6 is 0 Å². The van der Waals surface area contributed by atoms with E-state index in [1.54, 1.807) is 0 Å². The monoisotopic (exact) mass is 238 g/mol. The lowest BCUT2D eigenvalue weighted by atomic mass is 10.2. The first-order valence-electron chi connectivity index (χ1n) is 7.04. The van der Waals surface area contributed by atoms with Gasteiger partial charge < -0.3 is 15.1 Å². The molecule has 2 fully saturated rings. The van der Waals surface area contributed by atoms with E-state index in [1.807, 2.05) is 0 Å². The van der Waals surface area contributed by atoms with E-state index in [-0.39, 0.29) is 0 Å². The fourth-order valence-electron chi connectivity index (χ4n) is 2.76. The zero-order chi connectivity index (χ0) is 12.1. The van der Waals surface area contributed by atoms with Crippen LogP contribution in [-0.2, 0) is 0 Å². The summed E-state index contributed by atoms with van der Waals surface area (Å²) in [7, 11) is 2.22. The van der Waals surface area contributed by atoms with E-state index in [0.717, 1.165) is 19.0 Å². The van der Waals surface area contributed by atoms with Crippen molar-refractivity contribution in [2.24, 2.45) is 4.99 Å². The summed E-state index contributed by atoms with van der Waals surface area (Å²) in [4.78, 5) is 9.66. The molecule has 0 aromatic rings. The van der Waals surface area contributed by atoms with Gasteiger partial charge in [-0.05, 0) is 46.2 Å². The Morgan fingerprint density at radius 1 is 1.24 bits per heavy atom. The van der Waals surface area contributed by atoms with Crippen LogP contribution < -0.4 is 5.32 Å². The van der Waals surface area contributed by atoms with Crippen molar-refractivity contribution in [2.75, 3.05) is 39.8 Å². The second kappa shape index (κ2) is 6.24. The number of nitrogens with zero attached hydrogens (tertiary/aromatic N) is 3. The lowest BCUT2D eigenvalue weighted by molar-refractivity contribution is 0.316. The molecule has 0 radical (unpaired) electrons. The maximum absolute atomic E-state index is 4.82. The predicted molar refractivity (Wildman–Crippen MR) is 72.4 cm³/mol. The minimum atomic E-state index is 0.659. The maximum atomic E-state index is 4.82. The Balaban J connectivity index is 1.89. The van der Waals surface area contributed by atoms with Gasteiger partial charge in [0.1, 0.15) is 0 Å². The Bertz CT molecular complexity index is 258. The minimum absolute atomic E-state index is 0.659. The second-order valence-electron chi connectivity index (χ2n) is 5.17. The molecule has 4 nitrogen and oxygen atoms in total. The number of hydrogen-bond donors (Lipinski definition) is 1. The molecule has 0 saturated carbocycles. The van der Waals surface area contributed by atoms with E-state index in [2.05, 4.69) is 29.1 Å². The molecule has 0 aromatic heterocycles. The van der Waals surface area contributed by atoms with Crippen LogP contribution in [0.2, 0.25) is 0 Å². The van der Waals surface area contributed by atoms with Gasteiger partial charge in [0.25, 0.3) is 0 Å². The molecule has 2 aliphatic heterocycles. The normalized spacial score (nSPS) is 26.8. The quantitative estimate of drug-likeness (QED) is 0.591. The summed E-state index contributed by atoms with van der Waals surface area (Å²) in [6.07, 6.45) is 5.26. The Morgan fingerprint density at radius 3 is 2.59 bits per heavy atom. The molecule has 0 amide bonds. The molecule has 1 atom stereocenters. The maximum Gasteiger partial charge on any atom is 0.193 e. The highest BCUT2D eigenvalue weighted by molar-refractivity contribution is 5.80. The van der Waals surface area contributed by atoms with Crippen LogP contribution in [0.25, 0.3) is 0 Å². The predicted octanol–water partition coefficient (Wildman–Crippen LogP) is 1.14. The molecule has 2 saturated heterocycles. The van der Waals surface area contributed by atoms with Gasteiger partial charge in [-0.25, -0.2) is 0 Å². The Morgan fingerprint density at radius 2 is 2.00 bits per heavy atom. The average Bonchev–Trinajstić information content (AvgIpc) is 2.96. The largest absolute Gasteiger partial charge is 0.357 e. The molecule has 2 heterocycles. The molecule has 17 heavy (non-hydrogen) atoms. The van der Waals surface area contributed by atoms with Gasteiger partial charge in [0.15, 0.2) is 5.96 Å². The van der Waals surface area contributed by atoms with Crippen molar-refractivity contribution < 1.29 is 0 Å². The van der Waals surface area contributed by atoms with Gasteiger partial charge in [-0.15, -0.1) is 0 Å². The number of rotatable bonds is 3. The molecular weight excluding hydrogens is 212 g/mol. The SMILES string of the molecule is CCNC(=NCC1CCCN1C)N1CCCC1. The van der Waals surface area contributed by atoms with Crippen molar-refractivity contribution in [3.8, 4) is 0 Å². The third kappa shape index (κ3) is 3.35. The molecule has 98 valence electrons. The standard InChI is InChI=1S/C13H26N4/c1-3-14-13(17-9-4-5-10-17)15-11-12-7-6-8-16(12)2/h12H,3-11H2,1-2H3,(H,14,15). The number of likely N-dealkylation sites (tertiary alicyclic amines) is 2. The van der Waals surface area contributed by atoms with Crippen LogP contribution in [0.1, 0.15) is 32.6 Å². The molecule has 0 aromatic carbocycles. The summed E-state index contributed by atoms with van der Waals surface area (Å²) < 4.78 is 0. The number of hydrogen-bond acceptors (Lipinski definition) is 2. The summed E-state index contributed by atoms with van der Waals surface area (Å²) in [5, 5.41) is 3.42. The van der Waals surface area contributed by atoms with Gasteiger partial charge in [0, 0.05) is 25.7 Å². The van der Waals surface area contributed by atoms with Gasteiger partial charge in [-0.2, -0.15) is 0 Å². The van der Waals surface area contributed by atoms with Crippen molar-refractivity contribution >= 4 is 5.96 Å². The highest BCUT2D eigenvalue weighted by Gasteiger charge is 2.21. The van der Waals surface area contributed by atoms with Crippen LogP contribution in [0.4, 0.5) is 0 Å². The third-order valence-electron chi connectivity index (χ3n) is 3.86. The summed E-state index contributed by atoms with van der Waals surface area (Å²) in [6, 6.07) is 0.659. The summed E-state index contributed by atoms with van der Waals surface area (Å²) in [6.45, 7) is 7.65. The van der Waals surface area contributed by atoms with Crippen molar-refractivity contribution in [3.63, 3.8) is 0 Å². The fourth-order valence-corrected chi connectivity index (χ4v) is 2.76. The van der Waals surface area contributed by atoms with Gasteiger partial charge in [0.2, 0.25) is 0 Å². The lowest BCUT2D eigenvalue weighted by Gasteiger charge is -2.23. The van der Waals surface area contributed by atoms with Crippen molar-refractivity contribution in [1.29, 1.82) is 0 Å². The van der Waals surface area contributed by atoms with Crippen molar-refractivity contribution in [1.82, 2.24) is 15.1 Å². The number of aliphatic imine (C=N–C) groups is 1. The number of guanidine groups is 1. The number of nitrogens with one attached hydrogen (secondary N) is 1. The van der Waals surface area contributed by atoms with Gasteiger partial charge in [-0.3, -0.25) is 4.99 Å². The Kier molecular flexibility index (Phi) is 4.66. The summed E-state index contributed by atoms with van der Waals surface area (Å²) >= 11 is 0. The first-order valence-corrected chi connectivity index (χ1v) is 7.04. The van der Waals surface area contributed by atoms with Crippen LogP contribution in [0, 0.1) is 0 Å². The minimum Gasteiger partial charge on any atom is -0.357 e. The van der Waals surface area contributed by atoms with Crippen LogP contribution in [0.5, 0.6) is 0 Å². The van der Waals surface area contributed by atoms with E-state index in [9.17, 15) is 0 Å². The highest BCUT2D eigenvalue weighted by atomic mass is 15.3. The van der Waals surface area contributed by atoms with E-state index >= 15 is 0 Å². The number of likely N-dealkylation sites (N-methyl/N-ethyl adjacent to an activating group) is 1. The fraction of sp³-hybridized carbons (Fsp3) is 0.923. The van der Waals surface area contributed by atoms with Crippen molar-refractivity contribution in [3.05, 3.63) is 0 Å². The third-order valence-corrected chi connectivity index (χ3v) is 3.86. The second-order valence-corrected chi connectivity index (χ2v) is 5.17. The molecule has 1 N–H and O–H groups in total. The molecule has 2 rings (SSSR count). The van der Waals surface area contributed by atoms with Gasteiger partial charge in [-0.1, -0.05) is 0 Å². The average molecular weight is 238 g/mol. The molecule has 2 aliphatic rings. The lowest BCUT2D eigenvalue weighted by Crippen LogP contribution is -2.40. The first kappa shape index (κ1) is 12.7. The molecular formula is C13H26N4. The van der Waals surface area contributed by atoms with Crippen LogP contribution in [0.3, 0.4) is 0 Å². The zero-order valence-electron chi connectivity index (χ0n) is 11.3. The molecule has 4 heteroatoms. The zero-order valence-corrected chi connectivity index (χ0v) is 11.3. The molecule has 1 unspecified atom stereocenters. The first-order chi connectivity index (χ1) is 8.31. The van der Waals surface area contributed by atoms with Gasteiger partial charge in [0.05, 0.1) is 6.54 Å². The smallest absolute Gasteiger partial charge is 0.193 e. The topological polar surface area (TPSA) is 30.9 Å². The van der Waals surface area contributed by atoms with E-state index in [0.29, 0.717) is 6.04 Å². The van der Waals surface area contributed by atoms with E-state index < -0.39 is 0 Å². The summed E-state index contributed by atoms with van der Waals surface area (Å²) in [5.74, 6) is 1.13. The Labute approximate surface area is 105 Å². The summed E-state index contributed by atoms with van der Waals surface area (Å²) in [5.41, 5.74) is 0. The van der Waals surface area contributed by atoms with E-state index in [1.165, 1.54) is 45.3 Å². The highest BCUT2D eigenvalue weighted by Crippen LogP contribution is 2.15. The van der Waals surface area contributed by atoms with Crippen molar-refractivity contribution in [2.45, 2.75) is 38.6 Å². The molecule has 0 bridgehead atoms. The van der Waals surface area contributed by atoms with E-state index in [4.69, 9.17) is 4.99 Å². The Hall–Kier alpha value is -0.770.